The number of hydrogen-bond donors (Lipinski definition) is 2. The highest BCUT2D eigenvalue weighted by Gasteiger charge is 2.51. The van der Waals surface area contributed by atoms with E-state index in [1.54, 1.807) is 0 Å². The second kappa shape index (κ2) is 6.98. The predicted octanol–water partition coefficient (Wildman–Crippen LogP) is 3.63. The van der Waals surface area contributed by atoms with E-state index in [1.165, 1.54) is 12.1 Å². The van der Waals surface area contributed by atoms with Gasteiger partial charge in [-0.2, -0.15) is 8.78 Å². The minimum Gasteiger partial charge on any atom is -0.320 e. The quantitative estimate of drug-likeness (QED) is 0.545. The van der Waals surface area contributed by atoms with Gasteiger partial charge in [-0.1, -0.05) is 40.2 Å². The summed E-state index contributed by atoms with van der Waals surface area (Å²) in [6.45, 7) is 2.20. The smallest absolute Gasteiger partial charge is 0.320 e. The van der Waals surface area contributed by atoms with Crippen molar-refractivity contribution in [2.75, 3.05) is 13.1 Å². The summed E-state index contributed by atoms with van der Waals surface area (Å²) >= 11 is 2.97. The zero-order valence-electron chi connectivity index (χ0n) is 10.7. The minimum atomic E-state index is -5.55. The van der Waals surface area contributed by atoms with Crippen LogP contribution >= 0.6 is 40.5 Å². The number of hydrogen-bond acceptors (Lipinski definition) is 2. The molecule has 2 rings (SSSR count). The van der Waals surface area contributed by atoms with E-state index in [0.717, 1.165) is 24.7 Å². The van der Waals surface area contributed by atoms with Crippen LogP contribution in [0.15, 0.2) is 34.8 Å². The van der Waals surface area contributed by atoms with Crippen LogP contribution in [0.2, 0.25) is 0 Å². The Balaban J connectivity index is 0.00000220. The molecule has 21 heavy (non-hydrogen) atoms. The predicted molar refractivity (Wildman–Crippen MR) is 84.8 cm³/mol. The molecule has 118 valence electrons. The summed E-state index contributed by atoms with van der Waals surface area (Å²) in [7, 11) is -5.55. The molecule has 0 spiro atoms. The molecule has 1 aromatic rings. The van der Waals surface area contributed by atoms with Crippen LogP contribution in [0.1, 0.15) is 11.1 Å². The number of benzene rings is 1. The topological polar surface area (TPSA) is 60.8 Å². The van der Waals surface area contributed by atoms with E-state index >= 15 is 0 Å². The van der Waals surface area contributed by atoms with E-state index < -0.39 is 18.8 Å². The van der Waals surface area contributed by atoms with Gasteiger partial charge in [-0.3, -0.25) is 9.46 Å². The minimum absolute atomic E-state index is 0. The van der Waals surface area contributed by atoms with Gasteiger partial charge in [-0.05, 0) is 11.6 Å². The van der Waals surface area contributed by atoms with Gasteiger partial charge in [-0.25, -0.2) is 0 Å². The van der Waals surface area contributed by atoms with Gasteiger partial charge in [0.2, 0.25) is 0 Å². The largest absolute Gasteiger partial charge is 0.399 e. The van der Waals surface area contributed by atoms with Gasteiger partial charge < -0.3 is 9.79 Å². The molecule has 0 radical (unpaired) electrons. The Hall–Kier alpha value is -0.110. The Bertz CT molecular complexity index is 584. The Kier molecular flexibility index (Phi) is 6.29. The SMILES string of the molecule is Br.O=P(O)(O)C(F)(F)c1ccc(CN2CC=CC2)cc1Br. The van der Waals surface area contributed by atoms with Crippen molar-refractivity contribution < 1.29 is 23.1 Å². The molecule has 0 amide bonds. The number of rotatable bonds is 4. The van der Waals surface area contributed by atoms with Gasteiger partial charge in [-0.15, -0.1) is 17.0 Å². The molecule has 0 unspecified atom stereocenters. The first-order valence-corrected chi connectivity index (χ1v) is 8.22. The second-order valence-corrected chi connectivity index (χ2v) is 7.07. The molecular weight excluding hydrogens is 435 g/mol. The second-order valence-electron chi connectivity index (χ2n) is 4.56. The van der Waals surface area contributed by atoms with Crippen LogP contribution in [-0.2, 0) is 16.8 Å². The number of alkyl halides is 2. The fraction of sp³-hybridized carbons (Fsp3) is 0.333. The van der Waals surface area contributed by atoms with Crippen molar-refractivity contribution in [1.82, 2.24) is 4.90 Å². The monoisotopic (exact) mass is 447 g/mol. The van der Waals surface area contributed by atoms with Crippen molar-refractivity contribution in [2.24, 2.45) is 0 Å². The average molecular weight is 449 g/mol. The highest BCUT2D eigenvalue weighted by molar-refractivity contribution is 9.10. The standard InChI is InChI=1S/C12H13BrF2NO3P.BrH/c13-11-7-9(8-16-5-1-2-6-16)3-4-10(11)12(14,15)20(17,18)19;/h1-4,7H,5-6,8H2,(H2,17,18,19);1H. The third kappa shape index (κ3) is 4.21. The maximum atomic E-state index is 13.6. The van der Waals surface area contributed by atoms with Crippen LogP contribution in [-0.4, -0.2) is 27.8 Å². The zero-order chi connectivity index (χ0) is 15.0. The van der Waals surface area contributed by atoms with Gasteiger partial charge in [0.15, 0.2) is 0 Å². The summed E-state index contributed by atoms with van der Waals surface area (Å²) in [5.41, 5.74) is -4.10. The summed E-state index contributed by atoms with van der Waals surface area (Å²) in [4.78, 5) is 19.6. The normalized spacial score (nSPS) is 16.0. The van der Waals surface area contributed by atoms with Gasteiger partial charge in [0.25, 0.3) is 0 Å². The average Bonchev–Trinajstić information content (AvgIpc) is 2.80. The molecule has 0 bridgehead atoms. The lowest BCUT2D eigenvalue weighted by Crippen LogP contribution is -2.19. The van der Waals surface area contributed by atoms with Gasteiger partial charge >= 0.3 is 13.3 Å². The van der Waals surface area contributed by atoms with E-state index in [9.17, 15) is 13.3 Å². The number of halogens is 4. The molecule has 1 heterocycles. The van der Waals surface area contributed by atoms with Crippen LogP contribution < -0.4 is 0 Å². The van der Waals surface area contributed by atoms with Crippen LogP contribution in [0.5, 0.6) is 0 Å². The third-order valence-electron chi connectivity index (χ3n) is 3.02. The summed E-state index contributed by atoms with van der Waals surface area (Å²) in [5.74, 6) is 0. The van der Waals surface area contributed by atoms with Gasteiger partial charge in [0, 0.05) is 29.7 Å². The van der Waals surface area contributed by atoms with Crippen molar-refractivity contribution in [3.8, 4) is 0 Å². The molecule has 0 saturated heterocycles. The van der Waals surface area contributed by atoms with E-state index in [4.69, 9.17) is 9.79 Å². The molecule has 0 aromatic heterocycles. The first-order chi connectivity index (χ1) is 9.22. The Morgan fingerprint density at radius 3 is 2.33 bits per heavy atom. The van der Waals surface area contributed by atoms with Gasteiger partial charge in [0.05, 0.1) is 0 Å². The molecule has 0 aliphatic carbocycles. The molecule has 2 N–H and O–H groups in total. The van der Waals surface area contributed by atoms with E-state index in [2.05, 4.69) is 20.8 Å². The lowest BCUT2D eigenvalue weighted by Gasteiger charge is -2.20. The van der Waals surface area contributed by atoms with Crippen molar-refractivity contribution >= 4 is 40.5 Å². The van der Waals surface area contributed by atoms with E-state index in [1.807, 2.05) is 12.2 Å². The fourth-order valence-electron chi connectivity index (χ4n) is 1.97. The molecule has 0 saturated carbocycles. The fourth-order valence-corrected chi connectivity index (χ4v) is 3.30. The molecule has 9 heteroatoms. The van der Waals surface area contributed by atoms with Crippen molar-refractivity contribution in [2.45, 2.75) is 12.2 Å². The molecule has 1 aliphatic heterocycles. The van der Waals surface area contributed by atoms with Crippen LogP contribution in [0.3, 0.4) is 0 Å². The Morgan fingerprint density at radius 2 is 1.86 bits per heavy atom. The Labute approximate surface area is 139 Å². The first kappa shape index (κ1) is 18.9. The highest BCUT2D eigenvalue weighted by atomic mass is 79.9. The van der Waals surface area contributed by atoms with Crippen molar-refractivity contribution in [3.05, 3.63) is 46.0 Å². The number of nitrogens with zero attached hydrogens (tertiary/aromatic N) is 1. The molecule has 1 aromatic carbocycles. The molecular formula is C12H14Br2F2NO3P. The summed E-state index contributed by atoms with van der Waals surface area (Å²) < 4.78 is 38.2. The first-order valence-electron chi connectivity index (χ1n) is 5.81. The Morgan fingerprint density at radius 1 is 1.29 bits per heavy atom. The van der Waals surface area contributed by atoms with Crippen LogP contribution in [0.25, 0.3) is 0 Å². The maximum Gasteiger partial charge on any atom is 0.399 e. The molecule has 0 atom stereocenters. The lowest BCUT2D eigenvalue weighted by molar-refractivity contribution is 0.0557. The molecule has 0 fully saturated rings. The van der Waals surface area contributed by atoms with Crippen molar-refractivity contribution in [3.63, 3.8) is 0 Å². The van der Waals surface area contributed by atoms with E-state index in [0.29, 0.717) is 6.54 Å². The van der Waals surface area contributed by atoms with Crippen LogP contribution in [0, 0.1) is 0 Å². The maximum absolute atomic E-state index is 13.6. The van der Waals surface area contributed by atoms with E-state index in [-0.39, 0.29) is 21.5 Å². The lowest BCUT2D eigenvalue weighted by atomic mass is 10.1. The van der Waals surface area contributed by atoms with Crippen LogP contribution in [0.4, 0.5) is 8.78 Å². The summed E-state index contributed by atoms with van der Waals surface area (Å²) in [6, 6.07) is 3.99. The van der Waals surface area contributed by atoms with Gasteiger partial charge in [0.1, 0.15) is 0 Å². The summed E-state index contributed by atoms with van der Waals surface area (Å²) in [6.07, 6.45) is 4.04. The van der Waals surface area contributed by atoms with Crippen molar-refractivity contribution in [1.29, 1.82) is 0 Å². The molecule has 4 nitrogen and oxygen atoms in total. The highest BCUT2D eigenvalue weighted by Crippen LogP contribution is 2.60. The third-order valence-corrected chi connectivity index (χ3v) is 4.65. The zero-order valence-corrected chi connectivity index (χ0v) is 14.9. The summed E-state index contributed by atoms with van der Waals surface area (Å²) in [5, 5.41) is 0. The molecule has 1 aliphatic rings.